The fourth-order valence-corrected chi connectivity index (χ4v) is 4.42. The highest BCUT2D eigenvalue weighted by molar-refractivity contribution is 5.99. The maximum Gasteiger partial charge on any atom is 0.327 e. The molecule has 0 aliphatic carbocycles. The van der Waals surface area contributed by atoms with E-state index in [0.717, 1.165) is 12.3 Å². The molecule has 4 rings (SSSR count). The summed E-state index contributed by atoms with van der Waals surface area (Å²) in [4.78, 5) is 55.1. The first-order valence-electron chi connectivity index (χ1n) is 13.8. The molecular formula is C32H32F2N4O6. The number of pyridine rings is 1. The number of fused-ring (bicyclic) bond motifs is 1. The third-order valence-corrected chi connectivity index (χ3v) is 6.88. The average molecular weight is 607 g/mol. The highest BCUT2D eigenvalue weighted by Gasteiger charge is 2.37. The molecule has 3 aromatic rings. The molecule has 1 aliphatic heterocycles. The summed E-state index contributed by atoms with van der Waals surface area (Å²) in [6.07, 6.45) is 4.70. The summed E-state index contributed by atoms with van der Waals surface area (Å²) >= 11 is 0. The van der Waals surface area contributed by atoms with Crippen LogP contribution in [0.15, 0.2) is 84.8 Å². The van der Waals surface area contributed by atoms with Crippen molar-refractivity contribution in [3.8, 4) is 5.75 Å². The summed E-state index contributed by atoms with van der Waals surface area (Å²) in [6, 6.07) is 11.3. The summed E-state index contributed by atoms with van der Waals surface area (Å²) in [5.74, 6) is -4.18. The molecule has 2 heterocycles. The summed E-state index contributed by atoms with van der Waals surface area (Å²) in [6.45, 7) is 8.25. The zero-order valence-corrected chi connectivity index (χ0v) is 24.1. The second-order valence-electron chi connectivity index (χ2n) is 9.94. The third-order valence-electron chi connectivity index (χ3n) is 6.88. The van der Waals surface area contributed by atoms with Gasteiger partial charge in [-0.1, -0.05) is 48.6 Å². The highest BCUT2D eigenvalue weighted by Crippen LogP contribution is 2.25. The zero-order chi connectivity index (χ0) is 31.8. The molecule has 2 amide bonds. The fourth-order valence-electron chi connectivity index (χ4n) is 4.42. The molecule has 10 nitrogen and oxygen atoms in total. The molecule has 0 spiro atoms. The van der Waals surface area contributed by atoms with E-state index in [9.17, 15) is 28.0 Å². The summed E-state index contributed by atoms with van der Waals surface area (Å²) in [7, 11) is 0. The van der Waals surface area contributed by atoms with Crippen LogP contribution in [0.4, 0.5) is 8.78 Å². The van der Waals surface area contributed by atoms with Crippen molar-refractivity contribution in [2.45, 2.75) is 32.5 Å². The van der Waals surface area contributed by atoms with Gasteiger partial charge in [-0.3, -0.25) is 28.9 Å². The Kier molecular flexibility index (Phi) is 10.3. The third kappa shape index (κ3) is 7.20. The van der Waals surface area contributed by atoms with E-state index in [1.807, 2.05) is 0 Å². The van der Waals surface area contributed by atoms with Crippen molar-refractivity contribution in [1.82, 2.24) is 14.9 Å². The Hall–Kier alpha value is -5.26. The Bertz CT molecular complexity index is 1620. The van der Waals surface area contributed by atoms with Gasteiger partial charge < -0.3 is 19.7 Å². The molecule has 0 saturated carbocycles. The number of amides is 2. The van der Waals surface area contributed by atoms with Crippen LogP contribution in [0, 0.1) is 11.6 Å². The van der Waals surface area contributed by atoms with Gasteiger partial charge in [0, 0.05) is 30.4 Å². The van der Waals surface area contributed by atoms with Crippen LogP contribution in [0.25, 0.3) is 0 Å². The van der Waals surface area contributed by atoms with Crippen LogP contribution >= 0.6 is 0 Å². The maximum atomic E-state index is 14.2. The molecule has 0 unspecified atom stereocenters. The molecule has 1 aromatic heterocycles. The molecule has 0 radical (unpaired) electrons. The van der Waals surface area contributed by atoms with Crippen molar-refractivity contribution in [1.29, 1.82) is 0 Å². The number of rotatable bonds is 13. The lowest BCUT2D eigenvalue weighted by Gasteiger charge is -2.41. The quantitative estimate of drug-likeness (QED) is 0.180. The van der Waals surface area contributed by atoms with Gasteiger partial charge in [0.15, 0.2) is 11.4 Å². The predicted octanol–water partition coefficient (Wildman–Crippen LogP) is 3.68. The lowest BCUT2D eigenvalue weighted by molar-refractivity contribution is -0.142. The molecule has 230 valence electrons. The van der Waals surface area contributed by atoms with Crippen LogP contribution in [0.2, 0.25) is 0 Å². The molecule has 1 N–H and O–H groups in total. The Morgan fingerprint density at radius 2 is 1.86 bits per heavy atom. The van der Waals surface area contributed by atoms with Gasteiger partial charge in [0.25, 0.3) is 11.8 Å². The SMILES string of the molecule is C=CCCOC(=O)CN1CN([C@@H](C)C=C)C(=O)c2c(OCc3ccccc3)c(=O)c(C(=O)NCc3ccc(F)cc3F)cn21. The van der Waals surface area contributed by atoms with E-state index < -0.39 is 52.2 Å². The molecule has 12 heteroatoms. The summed E-state index contributed by atoms with van der Waals surface area (Å²) in [5, 5.41) is 3.89. The number of ether oxygens (including phenoxy) is 2. The average Bonchev–Trinajstić information content (AvgIpc) is 3.01. The van der Waals surface area contributed by atoms with Crippen molar-refractivity contribution < 1.29 is 32.6 Å². The van der Waals surface area contributed by atoms with Crippen molar-refractivity contribution in [2.24, 2.45) is 0 Å². The Morgan fingerprint density at radius 3 is 2.55 bits per heavy atom. The Labute approximate surface area is 252 Å². The smallest absolute Gasteiger partial charge is 0.327 e. The van der Waals surface area contributed by atoms with Crippen LogP contribution in [0.3, 0.4) is 0 Å². The molecule has 1 atom stereocenters. The number of nitrogens with zero attached hydrogens (tertiary/aromatic N) is 3. The van der Waals surface area contributed by atoms with Gasteiger partial charge in [0.1, 0.15) is 37.0 Å². The van der Waals surface area contributed by atoms with Crippen LogP contribution in [-0.2, 0) is 22.7 Å². The number of esters is 1. The van der Waals surface area contributed by atoms with Crippen LogP contribution in [0.5, 0.6) is 5.75 Å². The second kappa shape index (κ2) is 14.3. The number of aromatic nitrogens is 1. The minimum Gasteiger partial charge on any atom is -0.482 e. The number of carbonyl (C=O) groups excluding carboxylic acids is 3. The van der Waals surface area contributed by atoms with Crippen molar-refractivity contribution in [3.63, 3.8) is 0 Å². The van der Waals surface area contributed by atoms with Crippen molar-refractivity contribution in [3.05, 3.63) is 124 Å². The summed E-state index contributed by atoms with van der Waals surface area (Å²) in [5.41, 5.74) is -0.839. The van der Waals surface area contributed by atoms with Crippen LogP contribution in [-0.4, -0.2) is 53.2 Å². The Morgan fingerprint density at radius 1 is 1.11 bits per heavy atom. The molecule has 1 aliphatic rings. The maximum absolute atomic E-state index is 14.2. The first kappa shape index (κ1) is 31.7. The Balaban J connectivity index is 1.78. The molecule has 0 saturated heterocycles. The lowest BCUT2D eigenvalue weighted by Crippen LogP contribution is -2.58. The number of halogens is 2. The first-order chi connectivity index (χ1) is 21.1. The summed E-state index contributed by atoms with van der Waals surface area (Å²) < 4.78 is 40.0. The van der Waals surface area contributed by atoms with E-state index in [0.29, 0.717) is 18.1 Å². The van der Waals surface area contributed by atoms with Gasteiger partial charge in [0.2, 0.25) is 5.43 Å². The van der Waals surface area contributed by atoms with E-state index in [-0.39, 0.29) is 44.2 Å². The van der Waals surface area contributed by atoms with Crippen LogP contribution in [0.1, 0.15) is 45.3 Å². The number of carbonyl (C=O) groups is 3. The van der Waals surface area contributed by atoms with Gasteiger partial charge >= 0.3 is 5.97 Å². The first-order valence-corrected chi connectivity index (χ1v) is 13.8. The van der Waals surface area contributed by atoms with Crippen molar-refractivity contribution >= 4 is 17.8 Å². The minimum absolute atomic E-state index is 0.00788. The van der Waals surface area contributed by atoms with E-state index in [4.69, 9.17) is 9.47 Å². The highest BCUT2D eigenvalue weighted by atomic mass is 19.1. The van der Waals surface area contributed by atoms with Gasteiger partial charge in [-0.05, 0) is 25.0 Å². The van der Waals surface area contributed by atoms with E-state index in [1.165, 1.54) is 26.7 Å². The monoisotopic (exact) mass is 606 g/mol. The largest absolute Gasteiger partial charge is 0.482 e. The standard InChI is InChI=1S/C32H32F2N4O6/c1-4-6-14-43-27(39)18-36-20-37(21(3)5-2)32(42)28-30(44-19-22-10-8-7-9-11-22)29(40)25(17-38(28)36)31(41)35-16-23-12-13-24(33)15-26(23)34/h4-5,7-13,15,17,21H,1-2,6,14,16,18-20H2,3H3,(H,35,41)/t21-/m0/s1. The fraction of sp³-hybridized carbons (Fsp3) is 0.250. The van der Waals surface area contributed by atoms with Gasteiger partial charge in [-0.2, -0.15) is 0 Å². The normalized spacial score (nSPS) is 13.1. The van der Waals surface area contributed by atoms with Gasteiger partial charge in [0.05, 0.1) is 6.61 Å². The van der Waals surface area contributed by atoms with Crippen LogP contribution < -0.4 is 20.5 Å². The molecule has 2 aromatic carbocycles. The number of nitrogens with one attached hydrogen (secondary N) is 1. The molecule has 44 heavy (non-hydrogen) atoms. The number of benzene rings is 2. The molecular weight excluding hydrogens is 574 g/mol. The van der Waals surface area contributed by atoms with Gasteiger partial charge in [-0.25, -0.2) is 8.78 Å². The van der Waals surface area contributed by atoms with E-state index >= 15 is 0 Å². The van der Waals surface area contributed by atoms with E-state index in [2.05, 4.69) is 18.5 Å². The molecule has 0 fully saturated rings. The minimum atomic E-state index is -0.901. The van der Waals surface area contributed by atoms with Gasteiger partial charge in [-0.15, -0.1) is 13.2 Å². The predicted molar refractivity (Wildman–Crippen MR) is 159 cm³/mol. The van der Waals surface area contributed by atoms with Crippen molar-refractivity contribution in [2.75, 3.05) is 24.8 Å². The van der Waals surface area contributed by atoms with E-state index in [1.54, 1.807) is 43.3 Å². The number of hydrogen-bond acceptors (Lipinski definition) is 7. The topological polar surface area (TPSA) is 110 Å². The lowest BCUT2D eigenvalue weighted by atomic mass is 10.1. The molecule has 0 bridgehead atoms. The number of hydrogen-bond donors (Lipinski definition) is 1. The second-order valence-corrected chi connectivity index (χ2v) is 9.94. The zero-order valence-electron chi connectivity index (χ0n) is 24.1.